The predicted molar refractivity (Wildman–Crippen MR) is 78.4 cm³/mol. The highest BCUT2D eigenvalue weighted by atomic mass is 16.5. The molecule has 4 heteroatoms. The number of nitrogens with zero attached hydrogens (tertiary/aromatic N) is 1. The van der Waals surface area contributed by atoms with Crippen molar-refractivity contribution in [2.45, 2.75) is 44.8 Å². The Morgan fingerprint density at radius 1 is 1.25 bits per heavy atom. The fraction of sp³-hybridized carbons (Fsp3) is 0.750. The topological polar surface area (TPSA) is 37.6 Å². The van der Waals surface area contributed by atoms with E-state index >= 15 is 0 Å². The molecule has 0 radical (unpaired) electrons. The van der Waals surface area contributed by atoms with Crippen molar-refractivity contribution < 1.29 is 9.15 Å². The van der Waals surface area contributed by atoms with Crippen molar-refractivity contribution in [3.8, 4) is 0 Å². The molecule has 0 aromatic carbocycles. The van der Waals surface area contributed by atoms with Gasteiger partial charge in [0, 0.05) is 37.9 Å². The molecule has 1 aromatic heterocycles. The third-order valence-corrected chi connectivity index (χ3v) is 4.32. The molecule has 4 nitrogen and oxygen atoms in total. The van der Waals surface area contributed by atoms with Crippen LogP contribution in [0, 0.1) is 5.92 Å². The molecule has 1 saturated heterocycles. The second-order valence-electron chi connectivity index (χ2n) is 6.28. The van der Waals surface area contributed by atoms with Gasteiger partial charge in [0.15, 0.2) is 0 Å². The Labute approximate surface area is 121 Å². The fourth-order valence-corrected chi connectivity index (χ4v) is 2.88. The van der Waals surface area contributed by atoms with Gasteiger partial charge in [-0.15, -0.1) is 0 Å². The predicted octanol–water partition coefficient (Wildman–Crippen LogP) is 2.39. The molecule has 0 spiro atoms. The van der Waals surface area contributed by atoms with Crippen LogP contribution in [0.1, 0.15) is 37.0 Å². The summed E-state index contributed by atoms with van der Waals surface area (Å²) in [4.78, 5) is 2.38. The van der Waals surface area contributed by atoms with Gasteiger partial charge in [0.25, 0.3) is 0 Å². The van der Waals surface area contributed by atoms with Crippen molar-refractivity contribution in [2.24, 2.45) is 5.92 Å². The van der Waals surface area contributed by atoms with E-state index in [-0.39, 0.29) is 0 Å². The maximum atomic E-state index is 5.67. The van der Waals surface area contributed by atoms with Crippen LogP contribution in [-0.2, 0) is 17.8 Å². The highest BCUT2D eigenvalue weighted by molar-refractivity contribution is 5.17. The van der Waals surface area contributed by atoms with Gasteiger partial charge in [-0.3, -0.25) is 4.90 Å². The van der Waals surface area contributed by atoms with Crippen LogP contribution in [0.2, 0.25) is 0 Å². The summed E-state index contributed by atoms with van der Waals surface area (Å²) < 4.78 is 11.1. The van der Waals surface area contributed by atoms with E-state index in [2.05, 4.69) is 23.3 Å². The number of ether oxygens (including phenoxy) is 1. The highest BCUT2D eigenvalue weighted by Gasteiger charge is 2.21. The van der Waals surface area contributed by atoms with Crippen LogP contribution >= 0.6 is 0 Å². The lowest BCUT2D eigenvalue weighted by molar-refractivity contribution is 0.0542. The molecular formula is C16H26N2O2. The monoisotopic (exact) mass is 278 g/mol. The first kappa shape index (κ1) is 14.1. The molecule has 0 atom stereocenters. The van der Waals surface area contributed by atoms with E-state index in [9.17, 15) is 0 Å². The van der Waals surface area contributed by atoms with E-state index in [0.717, 1.165) is 50.6 Å². The molecule has 0 amide bonds. The summed E-state index contributed by atoms with van der Waals surface area (Å²) in [5, 5.41) is 3.56. The van der Waals surface area contributed by atoms with Gasteiger partial charge in [0.2, 0.25) is 0 Å². The Hall–Kier alpha value is -0.840. The van der Waals surface area contributed by atoms with Crippen LogP contribution < -0.4 is 5.32 Å². The Bertz CT molecular complexity index is 408. The maximum absolute atomic E-state index is 5.67. The summed E-state index contributed by atoms with van der Waals surface area (Å²) in [7, 11) is 2.19. The third kappa shape index (κ3) is 4.08. The number of nitrogens with one attached hydrogen (secondary N) is 1. The third-order valence-electron chi connectivity index (χ3n) is 4.32. The van der Waals surface area contributed by atoms with Gasteiger partial charge in [-0.05, 0) is 44.7 Å². The van der Waals surface area contributed by atoms with Crippen molar-refractivity contribution in [1.29, 1.82) is 0 Å². The summed E-state index contributed by atoms with van der Waals surface area (Å²) in [6.07, 6.45) is 6.87. The van der Waals surface area contributed by atoms with Crippen LogP contribution in [-0.4, -0.2) is 37.7 Å². The lowest BCUT2D eigenvalue weighted by Crippen LogP contribution is -2.29. The molecule has 1 saturated carbocycles. The van der Waals surface area contributed by atoms with Crippen LogP contribution in [0.3, 0.4) is 0 Å². The van der Waals surface area contributed by atoms with Crippen LogP contribution in [0.15, 0.2) is 16.7 Å². The molecule has 2 fully saturated rings. The lowest BCUT2D eigenvalue weighted by atomic mass is 10.00. The van der Waals surface area contributed by atoms with Crippen molar-refractivity contribution in [3.63, 3.8) is 0 Å². The molecule has 2 aliphatic rings. The average Bonchev–Trinajstić information content (AvgIpc) is 3.18. The molecule has 1 aromatic rings. The van der Waals surface area contributed by atoms with Crippen LogP contribution in [0.25, 0.3) is 0 Å². The van der Waals surface area contributed by atoms with E-state index in [1.807, 2.05) is 6.26 Å². The minimum Gasteiger partial charge on any atom is -0.468 e. The van der Waals surface area contributed by atoms with Gasteiger partial charge in [-0.1, -0.05) is 0 Å². The van der Waals surface area contributed by atoms with Gasteiger partial charge >= 0.3 is 0 Å². The quantitative estimate of drug-likeness (QED) is 0.831. The zero-order valence-corrected chi connectivity index (χ0v) is 12.4. The van der Waals surface area contributed by atoms with E-state index in [4.69, 9.17) is 9.15 Å². The molecule has 2 heterocycles. The van der Waals surface area contributed by atoms with E-state index in [1.54, 1.807) is 0 Å². The molecule has 1 aliphatic carbocycles. The Morgan fingerprint density at radius 3 is 2.80 bits per heavy atom. The Kier molecular flexibility index (Phi) is 4.76. The summed E-state index contributed by atoms with van der Waals surface area (Å²) in [5.41, 5.74) is 1.32. The van der Waals surface area contributed by atoms with Crippen molar-refractivity contribution in [3.05, 3.63) is 23.7 Å². The second kappa shape index (κ2) is 6.74. The van der Waals surface area contributed by atoms with Gasteiger partial charge in [-0.2, -0.15) is 0 Å². The standard InChI is InChI=1S/C16H26N2O2/c1-18(11-13-4-7-19-8-5-13)12-16-14(6-9-20-16)10-17-15-2-3-15/h6,9,13,15,17H,2-5,7-8,10-12H2,1H3. The first-order valence-corrected chi connectivity index (χ1v) is 7.86. The lowest BCUT2D eigenvalue weighted by Gasteiger charge is -2.26. The Morgan fingerprint density at radius 2 is 2.05 bits per heavy atom. The van der Waals surface area contributed by atoms with Crippen molar-refractivity contribution in [2.75, 3.05) is 26.8 Å². The zero-order chi connectivity index (χ0) is 13.8. The summed E-state index contributed by atoms with van der Waals surface area (Å²) in [6.45, 7) is 4.85. The normalized spacial score (nSPS) is 20.7. The average molecular weight is 278 g/mol. The van der Waals surface area contributed by atoms with Gasteiger partial charge < -0.3 is 14.5 Å². The van der Waals surface area contributed by atoms with Gasteiger partial charge in [0.05, 0.1) is 12.8 Å². The zero-order valence-electron chi connectivity index (χ0n) is 12.4. The second-order valence-corrected chi connectivity index (χ2v) is 6.28. The summed E-state index contributed by atoms with van der Waals surface area (Å²) in [6, 6.07) is 2.85. The largest absolute Gasteiger partial charge is 0.468 e. The van der Waals surface area contributed by atoms with E-state index in [1.165, 1.54) is 31.2 Å². The SMILES string of the molecule is CN(Cc1occc1CNC1CC1)CC1CCOCC1. The smallest absolute Gasteiger partial charge is 0.122 e. The fourth-order valence-electron chi connectivity index (χ4n) is 2.88. The number of hydrogen-bond acceptors (Lipinski definition) is 4. The van der Waals surface area contributed by atoms with E-state index in [0.29, 0.717) is 0 Å². The summed E-state index contributed by atoms with van der Waals surface area (Å²) >= 11 is 0. The molecule has 0 bridgehead atoms. The molecule has 0 unspecified atom stereocenters. The molecule has 3 rings (SSSR count). The number of furan rings is 1. The molecule has 1 N–H and O–H groups in total. The van der Waals surface area contributed by atoms with Gasteiger partial charge in [-0.25, -0.2) is 0 Å². The number of hydrogen-bond donors (Lipinski definition) is 1. The minimum atomic E-state index is 0.748. The van der Waals surface area contributed by atoms with Gasteiger partial charge in [0.1, 0.15) is 5.76 Å². The highest BCUT2D eigenvalue weighted by Crippen LogP contribution is 2.21. The van der Waals surface area contributed by atoms with Crippen molar-refractivity contribution >= 4 is 0 Å². The molecule has 20 heavy (non-hydrogen) atoms. The first-order chi connectivity index (χ1) is 9.81. The Balaban J connectivity index is 1.47. The number of rotatable bonds is 7. The van der Waals surface area contributed by atoms with E-state index < -0.39 is 0 Å². The van der Waals surface area contributed by atoms with Crippen LogP contribution in [0.5, 0.6) is 0 Å². The summed E-state index contributed by atoms with van der Waals surface area (Å²) in [5.74, 6) is 1.89. The molecule has 112 valence electrons. The molecule has 1 aliphatic heterocycles. The van der Waals surface area contributed by atoms with Crippen molar-refractivity contribution in [1.82, 2.24) is 10.2 Å². The minimum absolute atomic E-state index is 0.748. The first-order valence-electron chi connectivity index (χ1n) is 7.86. The molecular weight excluding hydrogens is 252 g/mol. The maximum Gasteiger partial charge on any atom is 0.122 e. The van der Waals surface area contributed by atoms with Crippen LogP contribution in [0.4, 0.5) is 0 Å².